The van der Waals surface area contributed by atoms with Crippen LogP contribution in [0.15, 0.2) is 59.9 Å². The standard InChI is InChI=1S/C18H19N3O3S/c1-13(14-8-4-3-5-9-14)12-19-17(22)16-15-10-6-7-11-21(15)18(20-16)25(2,23)24/h3-11,13H,12H2,1-2H3,(H,19,22). The maximum atomic E-state index is 12.6. The molecule has 0 radical (unpaired) electrons. The molecule has 2 heterocycles. The number of benzene rings is 1. The van der Waals surface area contributed by atoms with Gasteiger partial charge in [-0.3, -0.25) is 9.20 Å². The summed E-state index contributed by atoms with van der Waals surface area (Å²) in [6, 6.07) is 15.0. The van der Waals surface area contributed by atoms with Crippen molar-refractivity contribution >= 4 is 21.3 Å². The van der Waals surface area contributed by atoms with Gasteiger partial charge in [0.25, 0.3) is 5.91 Å². The van der Waals surface area contributed by atoms with E-state index in [4.69, 9.17) is 0 Å². The molecule has 1 N–H and O–H groups in total. The van der Waals surface area contributed by atoms with E-state index >= 15 is 0 Å². The van der Waals surface area contributed by atoms with Gasteiger partial charge in [0.2, 0.25) is 15.0 Å². The quantitative estimate of drug-likeness (QED) is 0.760. The third kappa shape index (κ3) is 3.56. The molecule has 0 aliphatic heterocycles. The second kappa shape index (κ2) is 6.68. The summed E-state index contributed by atoms with van der Waals surface area (Å²) in [5.74, 6) is -0.255. The molecule has 1 unspecified atom stereocenters. The smallest absolute Gasteiger partial charge is 0.272 e. The molecule has 0 aliphatic carbocycles. The highest BCUT2D eigenvalue weighted by atomic mass is 32.2. The highest BCUT2D eigenvalue weighted by Gasteiger charge is 2.22. The van der Waals surface area contributed by atoms with Crippen molar-refractivity contribution in [3.63, 3.8) is 0 Å². The lowest BCUT2D eigenvalue weighted by Gasteiger charge is -2.12. The van der Waals surface area contributed by atoms with Gasteiger partial charge in [-0.05, 0) is 23.6 Å². The maximum Gasteiger partial charge on any atom is 0.272 e. The number of imidazole rings is 1. The van der Waals surface area contributed by atoms with E-state index in [1.807, 2.05) is 37.3 Å². The van der Waals surface area contributed by atoms with Crippen LogP contribution in [0, 0.1) is 0 Å². The molecule has 6 nitrogen and oxygen atoms in total. The molecule has 2 aromatic heterocycles. The molecule has 0 aliphatic rings. The van der Waals surface area contributed by atoms with Crippen molar-refractivity contribution in [1.82, 2.24) is 14.7 Å². The fourth-order valence-electron chi connectivity index (χ4n) is 2.67. The minimum atomic E-state index is -3.54. The Balaban J connectivity index is 1.86. The van der Waals surface area contributed by atoms with E-state index in [1.54, 1.807) is 24.4 Å². The summed E-state index contributed by atoms with van der Waals surface area (Å²) in [5.41, 5.74) is 1.70. The van der Waals surface area contributed by atoms with E-state index in [2.05, 4.69) is 10.3 Å². The third-order valence-electron chi connectivity index (χ3n) is 4.00. The van der Waals surface area contributed by atoms with Crippen LogP contribution < -0.4 is 5.32 Å². The molecule has 130 valence electrons. The Morgan fingerprint density at radius 2 is 1.84 bits per heavy atom. The van der Waals surface area contributed by atoms with Crippen molar-refractivity contribution < 1.29 is 13.2 Å². The number of hydrogen-bond acceptors (Lipinski definition) is 4. The molecule has 0 spiro atoms. The highest BCUT2D eigenvalue weighted by molar-refractivity contribution is 7.90. The summed E-state index contributed by atoms with van der Waals surface area (Å²) in [6.45, 7) is 2.45. The van der Waals surface area contributed by atoms with Crippen LogP contribution in [0.2, 0.25) is 0 Å². The number of aromatic nitrogens is 2. The van der Waals surface area contributed by atoms with Gasteiger partial charge < -0.3 is 5.32 Å². The average molecular weight is 357 g/mol. The molecule has 0 bridgehead atoms. The lowest BCUT2D eigenvalue weighted by molar-refractivity contribution is 0.0948. The summed E-state index contributed by atoms with van der Waals surface area (Å²) in [4.78, 5) is 16.6. The second-order valence-electron chi connectivity index (χ2n) is 5.99. The fraction of sp³-hybridized carbons (Fsp3) is 0.222. The van der Waals surface area contributed by atoms with Gasteiger partial charge in [-0.1, -0.05) is 43.3 Å². The molecule has 7 heteroatoms. The minimum Gasteiger partial charge on any atom is -0.350 e. The zero-order valence-corrected chi connectivity index (χ0v) is 14.8. The molecular formula is C18H19N3O3S. The molecule has 3 aromatic rings. The fourth-order valence-corrected chi connectivity index (χ4v) is 3.44. The van der Waals surface area contributed by atoms with Crippen molar-refractivity contribution in [2.75, 3.05) is 12.8 Å². The van der Waals surface area contributed by atoms with Crippen LogP contribution in [0.4, 0.5) is 0 Å². The predicted molar refractivity (Wildman–Crippen MR) is 95.5 cm³/mol. The lowest BCUT2D eigenvalue weighted by Crippen LogP contribution is -2.28. The van der Waals surface area contributed by atoms with Gasteiger partial charge in [0.1, 0.15) is 0 Å². The van der Waals surface area contributed by atoms with E-state index in [-0.39, 0.29) is 22.7 Å². The van der Waals surface area contributed by atoms with Gasteiger partial charge in [0.15, 0.2) is 5.69 Å². The number of pyridine rings is 1. The summed E-state index contributed by atoms with van der Waals surface area (Å²) < 4.78 is 25.3. The Labute approximate surface area is 146 Å². The van der Waals surface area contributed by atoms with Gasteiger partial charge in [-0.25, -0.2) is 13.4 Å². The number of hydrogen-bond donors (Lipinski definition) is 1. The lowest BCUT2D eigenvalue weighted by atomic mass is 10.0. The van der Waals surface area contributed by atoms with Gasteiger partial charge >= 0.3 is 0 Å². The Morgan fingerprint density at radius 3 is 2.52 bits per heavy atom. The largest absolute Gasteiger partial charge is 0.350 e. The maximum absolute atomic E-state index is 12.6. The zero-order chi connectivity index (χ0) is 18.0. The number of amides is 1. The Kier molecular flexibility index (Phi) is 4.59. The molecule has 0 saturated heterocycles. The summed E-state index contributed by atoms with van der Waals surface area (Å²) >= 11 is 0. The zero-order valence-electron chi connectivity index (χ0n) is 14.0. The number of nitrogens with zero attached hydrogens (tertiary/aromatic N) is 2. The highest BCUT2D eigenvalue weighted by Crippen LogP contribution is 2.18. The topological polar surface area (TPSA) is 80.5 Å². The van der Waals surface area contributed by atoms with Crippen molar-refractivity contribution in [2.45, 2.75) is 18.0 Å². The van der Waals surface area contributed by atoms with E-state index in [0.29, 0.717) is 12.1 Å². The summed E-state index contributed by atoms with van der Waals surface area (Å²) in [6.07, 6.45) is 2.66. The molecular weight excluding hydrogens is 338 g/mol. The van der Waals surface area contributed by atoms with Crippen LogP contribution in [0.3, 0.4) is 0 Å². The number of carbonyl (C=O) groups excluding carboxylic acids is 1. The molecule has 1 atom stereocenters. The molecule has 1 aromatic carbocycles. The van der Waals surface area contributed by atoms with Crippen LogP contribution in [-0.2, 0) is 9.84 Å². The molecule has 0 fully saturated rings. The summed E-state index contributed by atoms with van der Waals surface area (Å²) in [5, 5.41) is 2.71. The Morgan fingerprint density at radius 1 is 1.16 bits per heavy atom. The third-order valence-corrected chi connectivity index (χ3v) is 4.95. The van der Waals surface area contributed by atoms with E-state index < -0.39 is 9.84 Å². The number of fused-ring (bicyclic) bond motifs is 1. The summed E-state index contributed by atoms with van der Waals surface area (Å²) in [7, 11) is -3.54. The first-order valence-electron chi connectivity index (χ1n) is 7.88. The number of rotatable bonds is 5. The van der Waals surface area contributed by atoms with E-state index in [1.165, 1.54) is 4.40 Å². The average Bonchev–Trinajstić information content (AvgIpc) is 3.00. The van der Waals surface area contributed by atoms with Crippen molar-refractivity contribution in [3.05, 3.63) is 66.0 Å². The van der Waals surface area contributed by atoms with Crippen molar-refractivity contribution in [3.8, 4) is 0 Å². The normalized spacial score (nSPS) is 12.9. The Bertz CT molecular complexity index is 1010. The van der Waals surface area contributed by atoms with Crippen LogP contribution in [0.25, 0.3) is 5.52 Å². The van der Waals surface area contributed by atoms with Gasteiger partial charge in [0.05, 0.1) is 5.52 Å². The second-order valence-corrected chi connectivity index (χ2v) is 7.90. The first kappa shape index (κ1) is 17.2. The van der Waals surface area contributed by atoms with Crippen molar-refractivity contribution in [1.29, 1.82) is 0 Å². The van der Waals surface area contributed by atoms with Gasteiger partial charge in [0, 0.05) is 19.0 Å². The predicted octanol–water partition coefficient (Wildman–Crippen LogP) is 2.27. The van der Waals surface area contributed by atoms with Crippen LogP contribution >= 0.6 is 0 Å². The number of carbonyl (C=O) groups is 1. The number of nitrogens with one attached hydrogen (secondary N) is 1. The molecule has 1 amide bonds. The molecule has 0 saturated carbocycles. The van der Waals surface area contributed by atoms with Crippen LogP contribution in [-0.4, -0.2) is 36.5 Å². The minimum absolute atomic E-state index is 0.112. The van der Waals surface area contributed by atoms with E-state index in [0.717, 1.165) is 11.8 Å². The molecule has 3 rings (SSSR count). The first-order chi connectivity index (χ1) is 11.9. The number of sulfone groups is 1. The SMILES string of the molecule is CC(CNC(=O)c1nc(S(C)(=O)=O)n2ccccc12)c1ccccc1. The molecule has 25 heavy (non-hydrogen) atoms. The van der Waals surface area contributed by atoms with E-state index in [9.17, 15) is 13.2 Å². The van der Waals surface area contributed by atoms with Gasteiger partial charge in [-0.2, -0.15) is 0 Å². The van der Waals surface area contributed by atoms with Crippen molar-refractivity contribution in [2.24, 2.45) is 0 Å². The van der Waals surface area contributed by atoms with Gasteiger partial charge in [-0.15, -0.1) is 0 Å². The monoisotopic (exact) mass is 357 g/mol. The van der Waals surface area contributed by atoms with Crippen LogP contribution in [0.1, 0.15) is 28.9 Å². The Hall–Kier alpha value is -2.67. The first-order valence-corrected chi connectivity index (χ1v) is 9.77. The van der Waals surface area contributed by atoms with Crippen LogP contribution in [0.5, 0.6) is 0 Å².